The van der Waals surface area contributed by atoms with E-state index >= 15 is 0 Å². The maximum atomic E-state index is 12.9. The minimum absolute atomic E-state index is 0.0939. The van der Waals surface area contributed by atoms with E-state index in [2.05, 4.69) is 49.4 Å². The second-order valence-corrected chi connectivity index (χ2v) is 11.4. The monoisotopic (exact) mass is 499 g/mol. The number of benzene rings is 2. The molecule has 1 heterocycles. The second kappa shape index (κ2) is 11.8. The summed E-state index contributed by atoms with van der Waals surface area (Å²) in [6.07, 6.45) is 13.3. The van der Waals surface area contributed by atoms with E-state index in [9.17, 15) is 15.0 Å². The lowest BCUT2D eigenvalue weighted by Gasteiger charge is -2.26. The van der Waals surface area contributed by atoms with Crippen LogP contribution < -0.4 is 0 Å². The van der Waals surface area contributed by atoms with Crippen LogP contribution in [0.3, 0.4) is 0 Å². The molecule has 2 aromatic rings. The van der Waals surface area contributed by atoms with Crippen LogP contribution in [0, 0.1) is 24.7 Å². The van der Waals surface area contributed by atoms with E-state index < -0.39 is 6.10 Å². The predicted molar refractivity (Wildman–Crippen MR) is 148 cm³/mol. The molecule has 2 aromatic carbocycles. The molecule has 1 amide bonds. The first-order valence-electron chi connectivity index (χ1n) is 14.1. The smallest absolute Gasteiger partial charge is 0.253 e. The van der Waals surface area contributed by atoms with Gasteiger partial charge in [0.05, 0.1) is 12.2 Å². The van der Waals surface area contributed by atoms with Crippen LogP contribution >= 0.6 is 0 Å². The van der Waals surface area contributed by atoms with Crippen molar-refractivity contribution < 1.29 is 15.0 Å². The number of aliphatic hydroxyl groups excluding tert-OH is 2. The number of rotatable bonds is 8. The molecule has 0 spiro atoms. The van der Waals surface area contributed by atoms with Crippen molar-refractivity contribution >= 4 is 5.91 Å². The molecule has 2 fully saturated rings. The molecular formula is C33H41NO3. The molecule has 2 aliphatic carbocycles. The van der Waals surface area contributed by atoms with Crippen molar-refractivity contribution in [2.75, 3.05) is 13.1 Å². The highest BCUT2D eigenvalue weighted by atomic mass is 16.3. The van der Waals surface area contributed by atoms with E-state index in [1.165, 1.54) is 23.1 Å². The van der Waals surface area contributed by atoms with Crippen LogP contribution in [0.2, 0.25) is 0 Å². The molecular weight excluding hydrogens is 458 g/mol. The number of piperidine rings is 1. The molecule has 37 heavy (non-hydrogen) atoms. The highest BCUT2D eigenvalue weighted by Crippen LogP contribution is 2.48. The van der Waals surface area contributed by atoms with Gasteiger partial charge in [-0.2, -0.15) is 0 Å². The number of nitrogens with zero attached hydrogens (tertiary/aromatic N) is 1. The van der Waals surface area contributed by atoms with Crippen molar-refractivity contribution in [3.05, 3.63) is 94.6 Å². The van der Waals surface area contributed by atoms with E-state index in [4.69, 9.17) is 0 Å². The summed E-state index contributed by atoms with van der Waals surface area (Å²) in [6.45, 7) is 3.82. The lowest BCUT2D eigenvalue weighted by Crippen LogP contribution is -2.35. The number of hydrogen-bond acceptors (Lipinski definition) is 3. The number of likely N-dealkylation sites (tertiary alicyclic amines) is 1. The zero-order valence-corrected chi connectivity index (χ0v) is 22.1. The average Bonchev–Trinajstić information content (AvgIpc) is 3.42. The fraction of sp³-hybridized carbons (Fsp3) is 0.485. The Morgan fingerprint density at radius 2 is 1.84 bits per heavy atom. The Morgan fingerprint density at radius 3 is 2.65 bits per heavy atom. The molecule has 0 unspecified atom stereocenters. The highest BCUT2D eigenvalue weighted by Gasteiger charge is 2.43. The SMILES string of the molecule is Cc1cccc(C[C@@H](O)/C=C/[C@@H]2[C@H]3CC(CCc4cccc(C(=O)N5CCCCC5)c4)=C[C@H]3C[C@H]2O)c1. The third-order valence-electron chi connectivity index (χ3n) is 8.58. The first-order chi connectivity index (χ1) is 18.0. The van der Waals surface area contributed by atoms with Crippen molar-refractivity contribution in [1.82, 2.24) is 4.90 Å². The van der Waals surface area contributed by atoms with Crippen LogP contribution in [0.1, 0.15) is 65.6 Å². The second-order valence-electron chi connectivity index (χ2n) is 11.4. The quantitative estimate of drug-likeness (QED) is 0.461. The van der Waals surface area contributed by atoms with Gasteiger partial charge in [-0.3, -0.25) is 4.79 Å². The molecule has 0 aromatic heterocycles. The maximum Gasteiger partial charge on any atom is 0.253 e. The molecule has 2 N–H and O–H groups in total. The molecule has 0 radical (unpaired) electrons. The number of carbonyl (C=O) groups excluding carboxylic acids is 1. The van der Waals surface area contributed by atoms with Gasteiger partial charge in [-0.15, -0.1) is 0 Å². The topological polar surface area (TPSA) is 60.8 Å². The van der Waals surface area contributed by atoms with E-state index in [-0.39, 0.29) is 17.9 Å². The Bertz CT molecular complexity index is 1150. The van der Waals surface area contributed by atoms with E-state index in [1.807, 2.05) is 29.2 Å². The Morgan fingerprint density at radius 1 is 1.05 bits per heavy atom. The van der Waals surface area contributed by atoms with Gasteiger partial charge in [-0.05, 0) is 87.0 Å². The minimum atomic E-state index is -0.540. The number of allylic oxidation sites excluding steroid dienone is 2. The zero-order chi connectivity index (χ0) is 25.8. The Balaban J connectivity index is 1.15. The third-order valence-corrected chi connectivity index (χ3v) is 8.58. The van der Waals surface area contributed by atoms with E-state index in [0.29, 0.717) is 18.3 Å². The van der Waals surface area contributed by atoms with Crippen LogP contribution in [0.25, 0.3) is 0 Å². The predicted octanol–water partition coefficient (Wildman–Crippen LogP) is 5.66. The van der Waals surface area contributed by atoms with Crippen molar-refractivity contribution in [3.63, 3.8) is 0 Å². The molecule has 5 atom stereocenters. The van der Waals surface area contributed by atoms with Crippen LogP contribution in [0.4, 0.5) is 0 Å². The van der Waals surface area contributed by atoms with Gasteiger partial charge in [-0.1, -0.05) is 65.8 Å². The largest absolute Gasteiger partial charge is 0.392 e. The Hall–Kier alpha value is -2.69. The van der Waals surface area contributed by atoms with Gasteiger partial charge in [-0.25, -0.2) is 0 Å². The average molecular weight is 500 g/mol. The molecule has 4 heteroatoms. The van der Waals surface area contributed by atoms with Gasteiger partial charge in [0.2, 0.25) is 0 Å². The summed E-state index contributed by atoms with van der Waals surface area (Å²) in [4.78, 5) is 14.9. The normalized spacial score (nSPS) is 26.4. The van der Waals surface area contributed by atoms with Crippen LogP contribution in [-0.2, 0) is 12.8 Å². The summed E-state index contributed by atoms with van der Waals surface area (Å²) >= 11 is 0. The van der Waals surface area contributed by atoms with E-state index in [0.717, 1.165) is 62.7 Å². The summed E-state index contributed by atoms with van der Waals surface area (Å²) in [6, 6.07) is 16.4. The molecule has 5 rings (SSSR count). The van der Waals surface area contributed by atoms with Gasteiger partial charge < -0.3 is 15.1 Å². The molecule has 1 aliphatic heterocycles. The van der Waals surface area contributed by atoms with Crippen LogP contribution in [0.15, 0.2) is 72.3 Å². The highest BCUT2D eigenvalue weighted by molar-refractivity contribution is 5.94. The molecule has 4 nitrogen and oxygen atoms in total. The summed E-state index contributed by atoms with van der Waals surface area (Å²) in [5.41, 5.74) is 5.83. The molecule has 0 bridgehead atoms. The Kier molecular flexibility index (Phi) is 8.26. The van der Waals surface area contributed by atoms with Gasteiger partial charge in [0.1, 0.15) is 0 Å². The lowest BCUT2D eigenvalue weighted by molar-refractivity contribution is 0.0724. The van der Waals surface area contributed by atoms with Gasteiger partial charge in [0, 0.05) is 31.0 Å². The van der Waals surface area contributed by atoms with Crippen LogP contribution in [-0.4, -0.2) is 46.3 Å². The number of amides is 1. The molecule has 1 saturated heterocycles. The number of aliphatic hydroxyl groups is 2. The zero-order valence-electron chi connectivity index (χ0n) is 22.1. The first kappa shape index (κ1) is 25.9. The fourth-order valence-corrected chi connectivity index (χ4v) is 6.64. The summed E-state index contributed by atoms with van der Waals surface area (Å²) in [5, 5.41) is 21.3. The molecule has 3 aliphatic rings. The summed E-state index contributed by atoms with van der Waals surface area (Å²) < 4.78 is 0. The van der Waals surface area contributed by atoms with Gasteiger partial charge in [0.15, 0.2) is 0 Å². The number of carbonyl (C=O) groups is 1. The summed E-state index contributed by atoms with van der Waals surface area (Å²) in [5.74, 6) is 1.10. The minimum Gasteiger partial charge on any atom is -0.392 e. The standard InChI is InChI=1S/C33H41NO3/c1-23-7-5-9-25(17-23)20-29(35)13-14-30-31-21-26(19-28(31)22-32(30)36)12-11-24-8-6-10-27(18-24)33(37)34-15-3-2-4-16-34/h5-10,13-14,17-19,28-32,35-36H,2-4,11-12,15-16,20-22H2,1H3/b14-13+/t28-,29-,30+,31-,32+/m0/s1. The maximum absolute atomic E-state index is 12.9. The fourth-order valence-electron chi connectivity index (χ4n) is 6.64. The van der Waals surface area contributed by atoms with Gasteiger partial charge in [0.25, 0.3) is 5.91 Å². The van der Waals surface area contributed by atoms with E-state index in [1.54, 1.807) is 0 Å². The van der Waals surface area contributed by atoms with Crippen molar-refractivity contribution in [3.8, 4) is 0 Å². The third kappa shape index (κ3) is 6.42. The van der Waals surface area contributed by atoms with Crippen molar-refractivity contribution in [1.29, 1.82) is 0 Å². The lowest BCUT2D eigenvalue weighted by atomic mass is 9.88. The van der Waals surface area contributed by atoms with Crippen LogP contribution in [0.5, 0.6) is 0 Å². The molecule has 1 saturated carbocycles. The van der Waals surface area contributed by atoms with Crippen molar-refractivity contribution in [2.45, 2.75) is 70.5 Å². The van der Waals surface area contributed by atoms with Crippen molar-refractivity contribution in [2.24, 2.45) is 17.8 Å². The van der Waals surface area contributed by atoms with Gasteiger partial charge >= 0.3 is 0 Å². The first-order valence-corrected chi connectivity index (χ1v) is 14.1. The summed E-state index contributed by atoms with van der Waals surface area (Å²) in [7, 11) is 0. The number of aryl methyl sites for hydroxylation is 2. The Labute approximate surface area is 221 Å². The number of fused-ring (bicyclic) bond motifs is 1. The number of hydrogen-bond donors (Lipinski definition) is 2. The molecule has 196 valence electrons.